The largest absolute Gasteiger partial charge is 0.312 e. The molecule has 1 fully saturated rings. The van der Waals surface area contributed by atoms with Gasteiger partial charge in [0.05, 0.1) is 0 Å². The van der Waals surface area contributed by atoms with Gasteiger partial charge in [-0.15, -0.1) is 0 Å². The van der Waals surface area contributed by atoms with E-state index in [0.29, 0.717) is 0 Å². The first kappa shape index (κ1) is 10.6. The van der Waals surface area contributed by atoms with Crippen molar-refractivity contribution in [2.24, 2.45) is 11.8 Å². The Hall–Kier alpha value is -0.890. The van der Waals surface area contributed by atoms with Crippen molar-refractivity contribution in [1.82, 2.24) is 5.32 Å². The average molecular weight is 207 g/mol. The number of rotatable bonds is 4. The summed E-state index contributed by atoms with van der Waals surface area (Å²) in [5.41, 5.74) is 2.23. The summed E-state index contributed by atoms with van der Waals surface area (Å²) in [6.45, 7) is 6.15. The van der Waals surface area contributed by atoms with Crippen molar-refractivity contribution in [2.45, 2.75) is 26.8 Å². The van der Waals surface area contributed by atoms with Gasteiger partial charge in [0.15, 0.2) is 0 Å². The lowest BCUT2D eigenvalue weighted by molar-refractivity contribution is 0.599. The Bertz CT molecular complexity index is 348. The zero-order chi connectivity index (χ0) is 10.8. The fourth-order valence-corrected chi connectivity index (χ4v) is 1.91. The van der Waals surface area contributed by atoms with E-state index in [0.717, 1.165) is 36.1 Å². The molecule has 1 nitrogen and oxygen atoms in total. The van der Waals surface area contributed by atoms with E-state index in [9.17, 15) is 4.39 Å². The van der Waals surface area contributed by atoms with Crippen LogP contribution in [0, 0.1) is 24.6 Å². The van der Waals surface area contributed by atoms with Crippen molar-refractivity contribution < 1.29 is 4.39 Å². The van der Waals surface area contributed by atoms with E-state index in [4.69, 9.17) is 0 Å². The highest BCUT2D eigenvalue weighted by Crippen LogP contribution is 2.36. The fourth-order valence-electron chi connectivity index (χ4n) is 1.91. The van der Waals surface area contributed by atoms with Gasteiger partial charge in [0.2, 0.25) is 0 Å². The van der Waals surface area contributed by atoms with Crippen LogP contribution in [0.4, 0.5) is 4.39 Å². The van der Waals surface area contributed by atoms with Gasteiger partial charge in [0, 0.05) is 6.54 Å². The number of nitrogens with one attached hydrogen (secondary N) is 1. The molecule has 2 atom stereocenters. The van der Waals surface area contributed by atoms with Crippen LogP contribution in [0.3, 0.4) is 0 Å². The fraction of sp³-hybridized carbons (Fsp3) is 0.538. The van der Waals surface area contributed by atoms with Crippen LogP contribution >= 0.6 is 0 Å². The Morgan fingerprint density at radius 1 is 1.47 bits per heavy atom. The predicted octanol–water partition coefficient (Wildman–Crippen LogP) is 2.88. The van der Waals surface area contributed by atoms with Crippen LogP contribution in [0.5, 0.6) is 0 Å². The third kappa shape index (κ3) is 2.78. The van der Waals surface area contributed by atoms with Gasteiger partial charge in [0.25, 0.3) is 0 Å². The summed E-state index contributed by atoms with van der Waals surface area (Å²) in [4.78, 5) is 0. The molecule has 1 aromatic rings. The number of aryl methyl sites for hydroxylation is 1. The van der Waals surface area contributed by atoms with Crippen LogP contribution in [0.25, 0.3) is 0 Å². The van der Waals surface area contributed by atoms with Gasteiger partial charge in [-0.25, -0.2) is 4.39 Å². The minimum absolute atomic E-state index is 0.141. The maximum atomic E-state index is 13.0. The molecule has 0 aromatic heterocycles. The minimum atomic E-state index is -0.141. The highest BCUT2D eigenvalue weighted by molar-refractivity contribution is 5.26. The third-order valence-corrected chi connectivity index (χ3v) is 3.31. The zero-order valence-electron chi connectivity index (χ0n) is 9.39. The molecule has 0 aliphatic heterocycles. The molecule has 1 aliphatic rings. The quantitative estimate of drug-likeness (QED) is 0.800. The van der Waals surface area contributed by atoms with E-state index < -0.39 is 0 Å². The number of hydrogen-bond acceptors (Lipinski definition) is 1. The lowest BCUT2D eigenvalue weighted by Crippen LogP contribution is -2.17. The lowest BCUT2D eigenvalue weighted by Gasteiger charge is -2.07. The second kappa shape index (κ2) is 4.31. The summed E-state index contributed by atoms with van der Waals surface area (Å²) < 4.78 is 13.0. The summed E-state index contributed by atoms with van der Waals surface area (Å²) in [7, 11) is 0. The van der Waals surface area contributed by atoms with Crippen molar-refractivity contribution in [1.29, 1.82) is 0 Å². The van der Waals surface area contributed by atoms with Gasteiger partial charge in [-0.05, 0) is 55.0 Å². The van der Waals surface area contributed by atoms with Crippen molar-refractivity contribution >= 4 is 0 Å². The monoisotopic (exact) mass is 207 g/mol. The topological polar surface area (TPSA) is 12.0 Å². The molecule has 0 amide bonds. The molecule has 1 aromatic carbocycles. The maximum absolute atomic E-state index is 13.0. The molecule has 1 N–H and O–H groups in total. The zero-order valence-corrected chi connectivity index (χ0v) is 9.39. The van der Waals surface area contributed by atoms with E-state index in [1.807, 2.05) is 13.0 Å². The molecule has 2 rings (SSSR count). The standard InChI is InChI=1S/C13H18FN/c1-9-3-4-13(14)6-12(9)8-15-7-11-5-10(11)2/h3-4,6,10-11,15H,5,7-8H2,1-2H3. The van der Waals surface area contributed by atoms with E-state index in [1.54, 1.807) is 6.07 Å². The van der Waals surface area contributed by atoms with Crippen molar-refractivity contribution in [3.8, 4) is 0 Å². The summed E-state index contributed by atoms with van der Waals surface area (Å²) in [6.07, 6.45) is 1.34. The van der Waals surface area contributed by atoms with Crippen LogP contribution in [0.2, 0.25) is 0 Å². The van der Waals surface area contributed by atoms with Crippen LogP contribution in [0.15, 0.2) is 18.2 Å². The molecule has 82 valence electrons. The van der Waals surface area contributed by atoms with E-state index in [-0.39, 0.29) is 5.82 Å². The number of benzene rings is 1. The minimum Gasteiger partial charge on any atom is -0.312 e. The van der Waals surface area contributed by atoms with E-state index >= 15 is 0 Å². The van der Waals surface area contributed by atoms with E-state index in [1.165, 1.54) is 12.5 Å². The molecule has 2 unspecified atom stereocenters. The summed E-state index contributed by atoms with van der Waals surface area (Å²) in [5.74, 6) is 1.59. The van der Waals surface area contributed by atoms with Crippen LogP contribution in [-0.2, 0) is 6.54 Å². The van der Waals surface area contributed by atoms with Gasteiger partial charge < -0.3 is 5.32 Å². The van der Waals surface area contributed by atoms with Gasteiger partial charge >= 0.3 is 0 Å². The number of hydrogen-bond donors (Lipinski definition) is 1. The van der Waals surface area contributed by atoms with Crippen molar-refractivity contribution in [3.05, 3.63) is 35.1 Å². The Morgan fingerprint density at radius 3 is 2.87 bits per heavy atom. The summed E-state index contributed by atoms with van der Waals surface area (Å²) in [5, 5.41) is 3.40. The lowest BCUT2D eigenvalue weighted by atomic mass is 10.1. The maximum Gasteiger partial charge on any atom is 0.123 e. The first-order valence-corrected chi connectivity index (χ1v) is 5.62. The SMILES string of the molecule is Cc1ccc(F)cc1CNCC1CC1C. The molecule has 1 saturated carbocycles. The first-order valence-electron chi connectivity index (χ1n) is 5.62. The van der Waals surface area contributed by atoms with Gasteiger partial charge in [-0.1, -0.05) is 13.0 Å². The third-order valence-electron chi connectivity index (χ3n) is 3.31. The Morgan fingerprint density at radius 2 is 2.20 bits per heavy atom. The second-order valence-corrected chi connectivity index (χ2v) is 4.67. The molecule has 15 heavy (non-hydrogen) atoms. The Kier molecular flexibility index (Phi) is 3.06. The molecular formula is C13H18FN. The summed E-state index contributed by atoms with van der Waals surface area (Å²) in [6, 6.07) is 4.98. The van der Waals surface area contributed by atoms with Crippen LogP contribution < -0.4 is 5.32 Å². The number of halogens is 1. The molecule has 0 radical (unpaired) electrons. The second-order valence-electron chi connectivity index (χ2n) is 4.67. The highest BCUT2D eigenvalue weighted by Gasteiger charge is 2.31. The molecule has 1 aliphatic carbocycles. The van der Waals surface area contributed by atoms with Gasteiger partial charge in [-0.2, -0.15) is 0 Å². The molecule has 0 bridgehead atoms. The van der Waals surface area contributed by atoms with Gasteiger partial charge in [-0.3, -0.25) is 0 Å². The molecule has 2 heteroatoms. The van der Waals surface area contributed by atoms with Crippen LogP contribution in [-0.4, -0.2) is 6.54 Å². The normalized spacial score (nSPS) is 24.2. The smallest absolute Gasteiger partial charge is 0.123 e. The summed E-state index contributed by atoms with van der Waals surface area (Å²) >= 11 is 0. The molecule has 0 heterocycles. The predicted molar refractivity (Wildman–Crippen MR) is 60.1 cm³/mol. The first-order chi connectivity index (χ1) is 7.16. The molecular weight excluding hydrogens is 189 g/mol. The van der Waals surface area contributed by atoms with Crippen molar-refractivity contribution in [3.63, 3.8) is 0 Å². The van der Waals surface area contributed by atoms with Gasteiger partial charge in [0.1, 0.15) is 5.82 Å². The molecule has 0 spiro atoms. The highest BCUT2D eigenvalue weighted by atomic mass is 19.1. The van der Waals surface area contributed by atoms with Crippen LogP contribution in [0.1, 0.15) is 24.5 Å². The molecule has 0 saturated heterocycles. The Balaban J connectivity index is 1.84. The average Bonchev–Trinajstić information content (AvgIpc) is 2.88. The Labute approximate surface area is 90.7 Å². The van der Waals surface area contributed by atoms with E-state index in [2.05, 4.69) is 12.2 Å². The van der Waals surface area contributed by atoms with Crippen molar-refractivity contribution in [2.75, 3.05) is 6.54 Å².